The second kappa shape index (κ2) is 7.45. The molecular formula is C13H17Cl2NO4S. The Labute approximate surface area is 134 Å². The van der Waals surface area contributed by atoms with Crippen molar-refractivity contribution in [3.63, 3.8) is 0 Å². The van der Waals surface area contributed by atoms with E-state index in [0.29, 0.717) is 12.3 Å². The third-order valence-electron chi connectivity index (χ3n) is 2.73. The number of esters is 1. The van der Waals surface area contributed by atoms with Gasteiger partial charge in [-0.15, -0.1) is 0 Å². The first-order chi connectivity index (χ1) is 9.64. The number of primary sulfonamides is 1. The molecule has 0 amide bonds. The van der Waals surface area contributed by atoms with Gasteiger partial charge in [0.2, 0.25) is 10.0 Å². The second-order valence-electron chi connectivity index (χ2n) is 4.95. The predicted octanol–water partition coefficient (Wildman–Crippen LogP) is 3.23. The molecule has 0 aliphatic rings. The fraction of sp³-hybridized carbons (Fsp3) is 0.462. The second-order valence-corrected chi connectivity index (χ2v) is 7.27. The van der Waals surface area contributed by atoms with Gasteiger partial charge in [0.1, 0.15) is 4.90 Å². The molecule has 118 valence electrons. The minimum Gasteiger partial charge on any atom is -0.462 e. The van der Waals surface area contributed by atoms with E-state index in [2.05, 4.69) is 13.8 Å². The molecule has 0 fully saturated rings. The van der Waals surface area contributed by atoms with E-state index < -0.39 is 16.0 Å². The van der Waals surface area contributed by atoms with Crippen LogP contribution < -0.4 is 5.14 Å². The quantitative estimate of drug-likeness (QED) is 0.628. The molecule has 0 saturated carbocycles. The first-order valence-corrected chi connectivity index (χ1v) is 8.62. The number of rotatable bonds is 6. The maximum atomic E-state index is 12.0. The molecule has 1 aromatic carbocycles. The van der Waals surface area contributed by atoms with E-state index in [4.69, 9.17) is 33.1 Å². The van der Waals surface area contributed by atoms with Crippen LogP contribution in [-0.4, -0.2) is 21.0 Å². The lowest BCUT2D eigenvalue weighted by molar-refractivity contribution is 0.0495. The largest absolute Gasteiger partial charge is 0.462 e. The van der Waals surface area contributed by atoms with Crippen LogP contribution >= 0.6 is 23.2 Å². The number of ether oxygens (including phenoxy) is 1. The van der Waals surface area contributed by atoms with E-state index >= 15 is 0 Å². The highest BCUT2D eigenvalue weighted by Gasteiger charge is 2.23. The van der Waals surface area contributed by atoms with Crippen molar-refractivity contribution in [2.24, 2.45) is 11.1 Å². The molecule has 0 spiro atoms. The minimum absolute atomic E-state index is 0.0151. The summed E-state index contributed by atoms with van der Waals surface area (Å²) in [5.74, 6) is -0.263. The number of hydrogen-bond acceptors (Lipinski definition) is 4. The van der Waals surface area contributed by atoms with Crippen molar-refractivity contribution in [2.45, 2.75) is 31.6 Å². The smallest absolute Gasteiger partial charge is 0.341 e. The van der Waals surface area contributed by atoms with Crippen molar-refractivity contribution in [1.29, 1.82) is 0 Å². The zero-order valence-electron chi connectivity index (χ0n) is 11.7. The van der Waals surface area contributed by atoms with Crippen LogP contribution in [0.1, 0.15) is 37.0 Å². The number of nitrogens with two attached hydrogens (primary N) is 1. The Hall–Kier alpha value is -0.820. The van der Waals surface area contributed by atoms with Gasteiger partial charge in [0.15, 0.2) is 0 Å². The summed E-state index contributed by atoms with van der Waals surface area (Å²) in [7, 11) is -4.04. The molecule has 0 radical (unpaired) electrons. The molecule has 0 aromatic heterocycles. The zero-order valence-corrected chi connectivity index (χ0v) is 14.1. The van der Waals surface area contributed by atoms with E-state index in [1.165, 1.54) is 6.07 Å². The van der Waals surface area contributed by atoms with Crippen LogP contribution in [0.2, 0.25) is 10.0 Å². The molecule has 5 nitrogen and oxygen atoms in total. The topological polar surface area (TPSA) is 86.5 Å². The maximum Gasteiger partial charge on any atom is 0.341 e. The van der Waals surface area contributed by atoms with Crippen molar-refractivity contribution < 1.29 is 17.9 Å². The number of halogens is 2. The molecule has 8 heteroatoms. The Kier molecular flexibility index (Phi) is 6.46. The summed E-state index contributed by atoms with van der Waals surface area (Å²) in [4.78, 5) is 11.6. The normalized spacial score (nSPS) is 11.7. The fourth-order valence-corrected chi connectivity index (χ4v) is 3.13. The van der Waals surface area contributed by atoms with Crippen LogP contribution in [-0.2, 0) is 14.8 Å². The number of carbonyl (C=O) groups is 1. The molecule has 0 aliphatic carbocycles. The van der Waals surface area contributed by atoms with Crippen LogP contribution in [0.15, 0.2) is 17.0 Å². The standard InChI is InChI=1S/C13H17Cl2NO4S/c1-8(2)4-3-7-20-13(17)11-9(14)5-6-10(12(11)15)21(16,18)19/h5-6,8H,3-4,7H2,1-2H3,(H2,16,18,19). The van der Waals surface area contributed by atoms with Gasteiger partial charge in [0.25, 0.3) is 0 Å². The average Bonchev–Trinajstić information content (AvgIpc) is 2.32. The number of benzene rings is 1. The number of sulfonamides is 1. The van der Waals surface area contributed by atoms with Gasteiger partial charge in [-0.2, -0.15) is 0 Å². The fourth-order valence-electron chi connectivity index (χ4n) is 1.67. The molecule has 21 heavy (non-hydrogen) atoms. The summed E-state index contributed by atoms with van der Waals surface area (Å²) < 4.78 is 27.8. The van der Waals surface area contributed by atoms with Gasteiger partial charge in [-0.25, -0.2) is 18.4 Å². The summed E-state index contributed by atoms with van der Waals surface area (Å²) in [6.45, 7) is 4.33. The molecule has 2 N–H and O–H groups in total. The summed E-state index contributed by atoms with van der Waals surface area (Å²) in [5.41, 5.74) is -0.186. The van der Waals surface area contributed by atoms with Crippen molar-refractivity contribution in [1.82, 2.24) is 0 Å². The highest BCUT2D eigenvalue weighted by Crippen LogP contribution is 2.31. The lowest BCUT2D eigenvalue weighted by Crippen LogP contribution is -2.15. The van der Waals surface area contributed by atoms with Gasteiger partial charge in [0, 0.05) is 0 Å². The van der Waals surface area contributed by atoms with Crippen LogP contribution in [0, 0.1) is 5.92 Å². The van der Waals surface area contributed by atoms with E-state index in [0.717, 1.165) is 12.5 Å². The number of hydrogen-bond donors (Lipinski definition) is 1. The average molecular weight is 354 g/mol. The SMILES string of the molecule is CC(C)CCCOC(=O)c1c(Cl)ccc(S(N)(=O)=O)c1Cl. The first-order valence-electron chi connectivity index (χ1n) is 6.32. The van der Waals surface area contributed by atoms with Crippen molar-refractivity contribution in [2.75, 3.05) is 6.61 Å². The van der Waals surface area contributed by atoms with Gasteiger partial charge in [-0.05, 0) is 30.9 Å². The lowest BCUT2D eigenvalue weighted by atomic mass is 10.1. The van der Waals surface area contributed by atoms with Gasteiger partial charge in [-0.1, -0.05) is 37.0 Å². The van der Waals surface area contributed by atoms with Crippen molar-refractivity contribution >= 4 is 39.2 Å². The third kappa shape index (κ3) is 5.14. The molecule has 0 atom stereocenters. The Balaban J connectivity index is 2.94. The molecule has 0 bridgehead atoms. The first kappa shape index (κ1) is 18.2. The molecule has 0 heterocycles. The lowest BCUT2D eigenvalue weighted by Gasteiger charge is -2.11. The Morgan fingerprint density at radius 2 is 1.95 bits per heavy atom. The summed E-state index contributed by atoms with van der Waals surface area (Å²) in [5, 5.41) is 4.72. The van der Waals surface area contributed by atoms with Gasteiger partial charge >= 0.3 is 5.97 Å². The van der Waals surface area contributed by atoms with Gasteiger partial charge in [-0.3, -0.25) is 0 Å². The molecule has 0 unspecified atom stereocenters. The highest BCUT2D eigenvalue weighted by molar-refractivity contribution is 7.89. The van der Waals surface area contributed by atoms with E-state index in [1.807, 2.05) is 0 Å². The molecular weight excluding hydrogens is 337 g/mol. The molecule has 0 saturated heterocycles. The molecule has 1 rings (SSSR count). The zero-order chi connectivity index (χ0) is 16.2. The summed E-state index contributed by atoms with van der Waals surface area (Å²) in [6.07, 6.45) is 1.61. The Morgan fingerprint density at radius 3 is 2.48 bits per heavy atom. The summed E-state index contributed by atoms with van der Waals surface area (Å²) >= 11 is 11.8. The highest BCUT2D eigenvalue weighted by atomic mass is 35.5. The monoisotopic (exact) mass is 353 g/mol. The van der Waals surface area contributed by atoms with Gasteiger partial charge in [0.05, 0.1) is 22.2 Å². The van der Waals surface area contributed by atoms with Crippen LogP contribution in [0.25, 0.3) is 0 Å². The van der Waals surface area contributed by atoms with Crippen LogP contribution in [0.4, 0.5) is 0 Å². The van der Waals surface area contributed by atoms with Crippen LogP contribution in [0.5, 0.6) is 0 Å². The van der Waals surface area contributed by atoms with E-state index in [1.54, 1.807) is 0 Å². The van der Waals surface area contributed by atoms with Crippen LogP contribution in [0.3, 0.4) is 0 Å². The van der Waals surface area contributed by atoms with E-state index in [9.17, 15) is 13.2 Å². The maximum absolute atomic E-state index is 12.0. The van der Waals surface area contributed by atoms with E-state index in [-0.39, 0.29) is 27.1 Å². The van der Waals surface area contributed by atoms with Crippen molar-refractivity contribution in [3.8, 4) is 0 Å². The summed E-state index contributed by atoms with van der Waals surface area (Å²) in [6, 6.07) is 2.40. The Bertz CT molecular complexity index is 629. The number of carbonyl (C=O) groups excluding carboxylic acids is 1. The predicted molar refractivity (Wildman–Crippen MR) is 82.2 cm³/mol. The van der Waals surface area contributed by atoms with Crippen molar-refractivity contribution in [3.05, 3.63) is 27.7 Å². The van der Waals surface area contributed by atoms with Gasteiger partial charge < -0.3 is 4.74 Å². The Morgan fingerprint density at radius 1 is 1.33 bits per heavy atom. The molecule has 1 aromatic rings. The minimum atomic E-state index is -4.04. The molecule has 0 aliphatic heterocycles. The third-order valence-corrected chi connectivity index (χ3v) is 4.50.